The van der Waals surface area contributed by atoms with Crippen molar-refractivity contribution in [2.24, 2.45) is 5.73 Å². The van der Waals surface area contributed by atoms with Gasteiger partial charge in [-0.25, -0.2) is 9.59 Å². The Morgan fingerprint density at radius 3 is 2.59 bits per heavy atom. The Kier molecular flexibility index (Phi) is 6.23. The molecule has 4 amide bonds. The van der Waals surface area contributed by atoms with Gasteiger partial charge in [-0.1, -0.05) is 12.1 Å². The van der Waals surface area contributed by atoms with Gasteiger partial charge in [-0.15, -0.1) is 11.3 Å². The van der Waals surface area contributed by atoms with Crippen molar-refractivity contribution in [2.45, 2.75) is 18.9 Å². The predicted molar refractivity (Wildman–Crippen MR) is 110 cm³/mol. The minimum absolute atomic E-state index is 0.139. The molecule has 9 nitrogen and oxygen atoms in total. The summed E-state index contributed by atoms with van der Waals surface area (Å²) in [5.74, 6) is 0.337. The smallest absolute Gasteiger partial charge is 0.407 e. The van der Waals surface area contributed by atoms with Crippen LogP contribution in [0.1, 0.15) is 23.2 Å². The summed E-state index contributed by atoms with van der Waals surface area (Å²) < 4.78 is 5.24. The van der Waals surface area contributed by atoms with Crippen LogP contribution < -0.4 is 21.1 Å². The van der Waals surface area contributed by atoms with Crippen LogP contribution in [0.25, 0.3) is 10.4 Å². The topological polar surface area (TPSA) is 134 Å². The number of ether oxygens (including phenoxy) is 1. The molecule has 5 N–H and O–H groups in total. The normalized spacial score (nSPS) is 14.3. The van der Waals surface area contributed by atoms with E-state index in [4.69, 9.17) is 15.6 Å². The van der Waals surface area contributed by atoms with Gasteiger partial charge in [0.15, 0.2) is 0 Å². The maximum absolute atomic E-state index is 12.8. The summed E-state index contributed by atoms with van der Waals surface area (Å²) in [5, 5.41) is 14.8. The van der Waals surface area contributed by atoms with Gasteiger partial charge < -0.3 is 25.8 Å². The van der Waals surface area contributed by atoms with Crippen LogP contribution in [-0.4, -0.2) is 54.3 Å². The van der Waals surface area contributed by atoms with Crippen molar-refractivity contribution in [3.05, 3.63) is 35.9 Å². The molecule has 3 rings (SSSR count). The maximum atomic E-state index is 12.8. The summed E-state index contributed by atoms with van der Waals surface area (Å²) in [6.45, 7) is 0.733. The molecular weight excluding hydrogens is 396 g/mol. The Balaban J connectivity index is 1.79. The number of carboxylic acid groups (broad SMARTS) is 1. The number of likely N-dealkylation sites (tertiary alicyclic amines) is 1. The van der Waals surface area contributed by atoms with E-state index in [0.717, 1.165) is 10.4 Å². The lowest BCUT2D eigenvalue weighted by molar-refractivity contribution is 0.0908. The monoisotopic (exact) mass is 418 g/mol. The van der Waals surface area contributed by atoms with Crippen molar-refractivity contribution in [3.63, 3.8) is 0 Å². The third-order valence-electron chi connectivity index (χ3n) is 4.67. The third kappa shape index (κ3) is 4.96. The number of benzene rings is 1. The van der Waals surface area contributed by atoms with E-state index < -0.39 is 12.1 Å². The van der Waals surface area contributed by atoms with Gasteiger partial charge >= 0.3 is 12.1 Å². The number of hydrogen-bond donors (Lipinski definition) is 4. The number of thiophene rings is 1. The first-order chi connectivity index (χ1) is 13.9. The molecule has 0 radical (unpaired) electrons. The molecule has 1 aliphatic rings. The Bertz CT molecular complexity index is 921. The Labute approximate surface area is 171 Å². The van der Waals surface area contributed by atoms with Crippen molar-refractivity contribution in [1.82, 2.24) is 10.2 Å². The number of nitrogens with one attached hydrogen (secondary N) is 2. The van der Waals surface area contributed by atoms with Gasteiger partial charge in [0.25, 0.3) is 5.91 Å². The van der Waals surface area contributed by atoms with E-state index in [1.165, 1.54) is 16.2 Å². The number of hydrogen-bond acceptors (Lipinski definition) is 5. The Hall–Kier alpha value is -3.27. The summed E-state index contributed by atoms with van der Waals surface area (Å²) in [4.78, 5) is 37.4. The van der Waals surface area contributed by atoms with Gasteiger partial charge in [0.2, 0.25) is 0 Å². The van der Waals surface area contributed by atoms with E-state index in [1.54, 1.807) is 13.2 Å². The van der Waals surface area contributed by atoms with E-state index in [0.29, 0.717) is 42.2 Å². The zero-order valence-corrected chi connectivity index (χ0v) is 16.6. The molecule has 1 aliphatic heterocycles. The van der Waals surface area contributed by atoms with Gasteiger partial charge in [0.05, 0.1) is 12.7 Å². The van der Waals surface area contributed by atoms with E-state index in [9.17, 15) is 14.4 Å². The van der Waals surface area contributed by atoms with E-state index in [2.05, 4.69) is 10.6 Å². The van der Waals surface area contributed by atoms with Crippen LogP contribution in [0.3, 0.4) is 0 Å². The number of carbonyl (C=O) groups excluding carboxylic acids is 2. The molecule has 1 saturated heterocycles. The quantitative estimate of drug-likeness (QED) is 0.592. The molecule has 1 aromatic heterocycles. The fourth-order valence-corrected chi connectivity index (χ4v) is 4.22. The minimum Gasteiger partial charge on any atom is -0.497 e. The van der Waals surface area contributed by atoms with Crippen LogP contribution in [0, 0.1) is 0 Å². The number of primary amides is 1. The molecule has 2 heterocycles. The second-order valence-electron chi connectivity index (χ2n) is 6.59. The van der Waals surface area contributed by atoms with E-state index in [1.807, 2.05) is 24.3 Å². The Morgan fingerprint density at radius 1 is 1.24 bits per heavy atom. The fraction of sp³-hybridized carbons (Fsp3) is 0.316. The lowest BCUT2D eigenvalue weighted by Gasteiger charge is -2.30. The molecular formula is C19H22N4O5S. The van der Waals surface area contributed by atoms with Gasteiger partial charge in [0.1, 0.15) is 10.8 Å². The molecule has 0 saturated carbocycles. The summed E-state index contributed by atoms with van der Waals surface area (Å²) >= 11 is 1.24. The highest BCUT2D eigenvalue weighted by atomic mass is 32.1. The van der Waals surface area contributed by atoms with Crippen LogP contribution in [0.4, 0.5) is 14.6 Å². The summed E-state index contributed by atoms with van der Waals surface area (Å²) in [6.07, 6.45) is 0.107. The second kappa shape index (κ2) is 8.82. The zero-order valence-electron chi connectivity index (χ0n) is 15.8. The second-order valence-corrected chi connectivity index (χ2v) is 7.64. The number of carbonyl (C=O) groups is 3. The van der Waals surface area contributed by atoms with Crippen molar-refractivity contribution >= 4 is 34.4 Å². The number of urea groups is 1. The van der Waals surface area contributed by atoms with Crippen LogP contribution in [0.2, 0.25) is 0 Å². The van der Waals surface area contributed by atoms with Crippen molar-refractivity contribution in [1.29, 1.82) is 0 Å². The molecule has 0 atom stereocenters. The van der Waals surface area contributed by atoms with Gasteiger partial charge in [0, 0.05) is 24.0 Å². The van der Waals surface area contributed by atoms with Crippen LogP contribution in [-0.2, 0) is 0 Å². The molecule has 0 unspecified atom stereocenters. The first-order valence-electron chi connectivity index (χ1n) is 9.01. The van der Waals surface area contributed by atoms with Gasteiger partial charge in [-0.2, -0.15) is 0 Å². The maximum Gasteiger partial charge on any atom is 0.407 e. The zero-order chi connectivity index (χ0) is 21.0. The fourth-order valence-electron chi connectivity index (χ4n) is 3.16. The SMILES string of the molecule is COc1cccc(-c2cc(C(=O)NC3CCN(C(=O)O)CC3)c(NC(N)=O)s2)c1. The summed E-state index contributed by atoms with van der Waals surface area (Å²) in [7, 11) is 1.57. The minimum atomic E-state index is -0.955. The average molecular weight is 418 g/mol. The first-order valence-corrected chi connectivity index (χ1v) is 9.82. The molecule has 0 spiro atoms. The lowest BCUT2D eigenvalue weighted by Crippen LogP contribution is -2.46. The molecule has 1 aromatic carbocycles. The molecule has 2 aromatic rings. The van der Waals surface area contributed by atoms with Gasteiger partial charge in [-0.3, -0.25) is 10.1 Å². The number of nitrogens with two attached hydrogens (primary N) is 1. The third-order valence-corrected chi connectivity index (χ3v) is 5.77. The molecule has 1 fully saturated rings. The highest BCUT2D eigenvalue weighted by Crippen LogP contribution is 2.36. The van der Waals surface area contributed by atoms with Crippen LogP contribution >= 0.6 is 11.3 Å². The van der Waals surface area contributed by atoms with Crippen molar-refractivity contribution in [2.75, 3.05) is 25.5 Å². The number of nitrogens with zero attached hydrogens (tertiary/aromatic N) is 1. The van der Waals surface area contributed by atoms with Crippen molar-refractivity contribution < 1.29 is 24.2 Å². The first kappa shape index (κ1) is 20.5. The molecule has 29 heavy (non-hydrogen) atoms. The predicted octanol–water partition coefficient (Wildman–Crippen LogP) is 2.79. The summed E-state index contributed by atoms with van der Waals surface area (Å²) in [5.41, 5.74) is 6.41. The van der Waals surface area contributed by atoms with Crippen LogP contribution in [0.15, 0.2) is 30.3 Å². The highest BCUT2D eigenvalue weighted by Gasteiger charge is 2.25. The van der Waals surface area contributed by atoms with E-state index in [-0.39, 0.29) is 11.9 Å². The average Bonchev–Trinajstić information content (AvgIpc) is 3.11. The Morgan fingerprint density at radius 2 is 1.97 bits per heavy atom. The molecule has 154 valence electrons. The lowest BCUT2D eigenvalue weighted by atomic mass is 10.0. The highest BCUT2D eigenvalue weighted by molar-refractivity contribution is 7.20. The molecule has 0 aliphatic carbocycles. The molecule has 0 bridgehead atoms. The summed E-state index contributed by atoms with van der Waals surface area (Å²) in [6, 6.07) is 8.18. The standard InChI is InChI=1S/C19H22N4O5S/c1-28-13-4-2-3-11(9-13)15-10-14(17(29-15)22-18(20)25)16(24)21-12-5-7-23(8-6-12)19(26)27/h2-4,9-10,12H,5-8H2,1H3,(H,21,24)(H,26,27)(H3,20,22,25). The van der Waals surface area contributed by atoms with Gasteiger partial charge in [-0.05, 0) is 36.6 Å². The number of rotatable bonds is 5. The number of methoxy groups -OCH3 is 1. The largest absolute Gasteiger partial charge is 0.497 e. The number of piperidine rings is 1. The number of amides is 4. The van der Waals surface area contributed by atoms with Crippen LogP contribution in [0.5, 0.6) is 5.75 Å². The van der Waals surface area contributed by atoms with Crippen molar-refractivity contribution in [3.8, 4) is 16.2 Å². The van der Waals surface area contributed by atoms with E-state index >= 15 is 0 Å². The molecule has 10 heteroatoms. The number of anilines is 1.